The average molecular weight is 438 g/mol. The van der Waals surface area contributed by atoms with Crippen molar-refractivity contribution in [1.82, 2.24) is 0 Å². The summed E-state index contributed by atoms with van der Waals surface area (Å²) in [5, 5.41) is 11.1. The van der Waals surface area contributed by atoms with Crippen molar-refractivity contribution in [3.05, 3.63) is 72.8 Å². The van der Waals surface area contributed by atoms with Gasteiger partial charge in [0.2, 0.25) is 5.90 Å². The van der Waals surface area contributed by atoms with Crippen molar-refractivity contribution in [2.45, 2.75) is 0 Å². The molecule has 0 N–H and O–H groups in total. The van der Waals surface area contributed by atoms with Gasteiger partial charge < -0.3 is 9.47 Å². The van der Waals surface area contributed by atoms with Gasteiger partial charge in [0.25, 0.3) is 5.69 Å². The number of methoxy groups -OCH3 is 1. The van der Waals surface area contributed by atoms with E-state index in [4.69, 9.17) is 21.1 Å². The molecule has 1 heterocycles. The Morgan fingerprint density at radius 1 is 1.31 bits per heavy atom. The van der Waals surface area contributed by atoms with Gasteiger partial charge in [0, 0.05) is 12.1 Å². The standard InChI is InChI=1S/C17H10BrClN2O5/c1-25-15-5-2-9(6-12(15)18)7-14-17(22)26-16(20-14)11-8-10(21(23)24)3-4-13(11)19/h2-8H,1H3/b14-7+. The van der Waals surface area contributed by atoms with Crippen molar-refractivity contribution in [1.29, 1.82) is 0 Å². The van der Waals surface area contributed by atoms with Gasteiger partial charge in [-0.1, -0.05) is 17.7 Å². The highest BCUT2D eigenvalue weighted by Gasteiger charge is 2.27. The highest BCUT2D eigenvalue weighted by molar-refractivity contribution is 9.10. The molecule has 0 amide bonds. The number of nitro groups is 1. The summed E-state index contributed by atoms with van der Waals surface area (Å²) in [4.78, 5) is 26.6. The molecule has 2 aromatic rings. The minimum absolute atomic E-state index is 0.0552. The molecule has 0 aromatic heterocycles. The molecule has 26 heavy (non-hydrogen) atoms. The van der Waals surface area contributed by atoms with Gasteiger partial charge in [-0.15, -0.1) is 0 Å². The molecule has 1 aliphatic rings. The van der Waals surface area contributed by atoms with Crippen molar-refractivity contribution in [2.75, 3.05) is 7.11 Å². The van der Waals surface area contributed by atoms with Gasteiger partial charge in [-0.05, 0) is 45.8 Å². The Morgan fingerprint density at radius 3 is 2.73 bits per heavy atom. The molecule has 3 rings (SSSR count). The number of nitrogens with zero attached hydrogens (tertiary/aromatic N) is 2. The van der Waals surface area contributed by atoms with Crippen LogP contribution in [0.1, 0.15) is 11.1 Å². The number of cyclic esters (lactones) is 1. The van der Waals surface area contributed by atoms with Crippen LogP contribution in [0, 0.1) is 10.1 Å². The van der Waals surface area contributed by atoms with Crippen molar-refractivity contribution in [2.24, 2.45) is 4.99 Å². The number of ether oxygens (including phenoxy) is 2. The van der Waals surface area contributed by atoms with E-state index in [1.807, 2.05) is 0 Å². The van der Waals surface area contributed by atoms with Crippen LogP contribution in [0.3, 0.4) is 0 Å². The second kappa shape index (κ2) is 7.27. The number of halogens is 2. The molecule has 0 atom stereocenters. The number of non-ortho nitro benzene ring substituents is 1. The van der Waals surface area contributed by atoms with Crippen LogP contribution in [0.2, 0.25) is 5.02 Å². The largest absolute Gasteiger partial charge is 0.496 e. The van der Waals surface area contributed by atoms with E-state index in [-0.39, 0.29) is 27.9 Å². The van der Waals surface area contributed by atoms with E-state index in [1.165, 1.54) is 24.3 Å². The fourth-order valence-corrected chi connectivity index (χ4v) is 3.00. The van der Waals surface area contributed by atoms with E-state index in [2.05, 4.69) is 20.9 Å². The molecule has 0 unspecified atom stereocenters. The third-order valence-corrected chi connectivity index (χ3v) is 4.44. The number of esters is 1. The molecule has 0 aliphatic carbocycles. The zero-order valence-electron chi connectivity index (χ0n) is 13.2. The number of hydrogen-bond acceptors (Lipinski definition) is 6. The van der Waals surface area contributed by atoms with Gasteiger partial charge in [-0.3, -0.25) is 10.1 Å². The lowest BCUT2D eigenvalue weighted by atomic mass is 10.2. The smallest absolute Gasteiger partial charge is 0.363 e. The van der Waals surface area contributed by atoms with Gasteiger partial charge >= 0.3 is 5.97 Å². The lowest BCUT2D eigenvalue weighted by Crippen LogP contribution is -2.06. The maximum Gasteiger partial charge on any atom is 0.363 e. The van der Waals surface area contributed by atoms with Crippen LogP contribution < -0.4 is 4.74 Å². The number of aliphatic imine (C=N–C) groups is 1. The summed E-state index contributed by atoms with van der Waals surface area (Å²) in [5.41, 5.74) is 0.743. The number of hydrogen-bond donors (Lipinski definition) is 0. The highest BCUT2D eigenvalue weighted by Crippen LogP contribution is 2.29. The molecule has 1 aliphatic heterocycles. The first-order valence-electron chi connectivity index (χ1n) is 7.19. The number of rotatable bonds is 4. The van der Waals surface area contributed by atoms with Crippen LogP contribution in [-0.2, 0) is 9.53 Å². The molecular formula is C17H10BrClN2O5. The van der Waals surface area contributed by atoms with E-state index in [0.717, 1.165) is 0 Å². The molecule has 0 spiro atoms. The maximum atomic E-state index is 12.1. The monoisotopic (exact) mass is 436 g/mol. The Kier molecular flexibility index (Phi) is 5.06. The van der Waals surface area contributed by atoms with Crippen molar-refractivity contribution >= 4 is 51.2 Å². The van der Waals surface area contributed by atoms with Gasteiger partial charge in [0.05, 0.1) is 27.1 Å². The van der Waals surface area contributed by atoms with Gasteiger partial charge in [-0.2, -0.15) is 0 Å². The summed E-state index contributed by atoms with van der Waals surface area (Å²) < 4.78 is 11.0. The molecule has 0 saturated heterocycles. The Morgan fingerprint density at radius 2 is 2.08 bits per heavy atom. The van der Waals surface area contributed by atoms with Crippen molar-refractivity contribution in [3.8, 4) is 5.75 Å². The summed E-state index contributed by atoms with van der Waals surface area (Å²) in [6.45, 7) is 0. The van der Waals surface area contributed by atoms with E-state index < -0.39 is 10.9 Å². The van der Waals surface area contributed by atoms with Crippen LogP contribution in [0.25, 0.3) is 6.08 Å². The van der Waals surface area contributed by atoms with E-state index in [0.29, 0.717) is 15.8 Å². The van der Waals surface area contributed by atoms with Crippen molar-refractivity contribution in [3.63, 3.8) is 0 Å². The summed E-state index contributed by atoms with van der Waals surface area (Å²) in [6, 6.07) is 9.06. The molecule has 0 radical (unpaired) electrons. The van der Waals surface area contributed by atoms with Crippen LogP contribution in [0.15, 0.2) is 51.6 Å². The Labute approximate surface area is 161 Å². The lowest BCUT2D eigenvalue weighted by Gasteiger charge is -2.03. The quantitative estimate of drug-likeness (QED) is 0.307. The highest BCUT2D eigenvalue weighted by atomic mass is 79.9. The molecular weight excluding hydrogens is 428 g/mol. The molecule has 0 saturated carbocycles. The third kappa shape index (κ3) is 3.61. The van der Waals surface area contributed by atoms with Gasteiger partial charge in [-0.25, -0.2) is 9.79 Å². The fourth-order valence-electron chi connectivity index (χ4n) is 2.25. The molecule has 9 heteroatoms. The summed E-state index contributed by atoms with van der Waals surface area (Å²) in [6.07, 6.45) is 1.53. The van der Waals surface area contributed by atoms with Crippen LogP contribution in [-0.4, -0.2) is 23.9 Å². The second-order valence-electron chi connectivity index (χ2n) is 5.15. The predicted octanol–water partition coefficient (Wildman–Crippen LogP) is 4.36. The maximum absolute atomic E-state index is 12.1. The SMILES string of the molecule is COc1ccc(/C=C2/N=C(c3cc([N+](=O)[O-])ccc3Cl)OC2=O)cc1Br. The third-order valence-electron chi connectivity index (χ3n) is 3.49. The van der Waals surface area contributed by atoms with E-state index in [9.17, 15) is 14.9 Å². The van der Waals surface area contributed by atoms with Crippen LogP contribution >= 0.6 is 27.5 Å². The zero-order valence-corrected chi connectivity index (χ0v) is 15.6. The lowest BCUT2D eigenvalue weighted by molar-refractivity contribution is -0.384. The Hall–Kier alpha value is -2.71. The number of benzene rings is 2. The first kappa shape index (κ1) is 18.1. The Bertz CT molecular complexity index is 987. The average Bonchev–Trinajstić information content (AvgIpc) is 2.95. The molecule has 0 bridgehead atoms. The molecule has 7 nitrogen and oxygen atoms in total. The second-order valence-corrected chi connectivity index (χ2v) is 6.41. The molecule has 132 valence electrons. The number of carbonyl (C=O) groups is 1. The van der Waals surface area contributed by atoms with Crippen molar-refractivity contribution < 1.29 is 19.2 Å². The summed E-state index contributed by atoms with van der Waals surface area (Å²) >= 11 is 9.42. The number of carbonyl (C=O) groups excluding carboxylic acids is 1. The summed E-state index contributed by atoms with van der Waals surface area (Å²) in [7, 11) is 1.55. The van der Waals surface area contributed by atoms with Crippen LogP contribution in [0.4, 0.5) is 5.69 Å². The topological polar surface area (TPSA) is 91.0 Å². The first-order chi connectivity index (χ1) is 12.4. The van der Waals surface area contributed by atoms with Crippen LogP contribution in [0.5, 0.6) is 5.75 Å². The zero-order chi connectivity index (χ0) is 18.8. The fraction of sp³-hybridized carbons (Fsp3) is 0.0588. The minimum Gasteiger partial charge on any atom is -0.496 e. The number of nitro benzene ring substituents is 1. The summed E-state index contributed by atoms with van der Waals surface area (Å²) in [5.74, 6) is -0.106. The van der Waals surface area contributed by atoms with E-state index in [1.54, 1.807) is 25.3 Å². The normalized spacial score (nSPS) is 15.0. The molecule has 2 aromatic carbocycles. The first-order valence-corrected chi connectivity index (χ1v) is 8.36. The van der Waals surface area contributed by atoms with Gasteiger partial charge in [0.15, 0.2) is 5.70 Å². The molecule has 0 fully saturated rings. The van der Waals surface area contributed by atoms with E-state index >= 15 is 0 Å². The van der Waals surface area contributed by atoms with Gasteiger partial charge in [0.1, 0.15) is 5.75 Å². The predicted molar refractivity (Wildman–Crippen MR) is 99.4 cm³/mol. The Balaban J connectivity index is 1.98. The minimum atomic E-state index is -0.672.